The average molecular weight is 901 g/mol. The lowest BCUT2D eigenvalue weighted by molar-refractivity contribution is -0.167. The summed E-state index contributed by atoms with van der Waals surface area (Å²) < 4.78 is 16.7. The van der Waals surface area contributed by atoms with Crippen LogP contribution < -0.4 is 0 Å². The van der Waals surface area contributed by atoms with E-state index in [4.69, 9.17) is 14.2 Å². The van der Waals surface area contributed by atoms with Gasteiger partial charge in [-0.05, 0) is 116 Å². The van der Waals surface area contributed by atoms with Gasteiger partial charge in [0.1, 0.15) is 13.2 Å². The highest BCUT2D eigenvalue weighted by Gasteiger charge is 2.19. The third-order valence-electron chi connectivity index (χ3n) is 10.7. The molecule has 0 saturated heterocycles. The Hall–Kier alpha value is -3.93. The van der Waals surface area contributed by atoms with Gasteiger partial charge in [0.25, 0.3) is 0 Å². The number of carbonyl (C=O) groups is 3. The van der Waals surface area contributed by atoms with Crippen molar-refractivity contribution in [3.63, 3.8) is 0 Å². The molecule has 6 nitrogen and oxygen atoms in total. The van der Waals surface area contributed by atoms with E-state index in [0.29, 0.717) is 19.3 Å². The van der Waals surface area contributed by atoms with Crippen molar-refractivity contribution in [3.8, 4) is 0 Å². The Morgan fingerprint density at radius 1 is 0.323 bits per heavy atom. The predicted molar refractivity (Wildman–Crippen MR) is 279 cm³/mol. The molecule has 0 N–H and O–H groups in total. The molecule has 0 amide bonds. The molecule has 0 aliphatic rings. The Morgan fingerprint density at radius 3 is 1.05 bits per heavy atom. The maximum atomic E-state index is 12.8. The Kier molecular flexibility index (Phi) is 49.5. The van der Waals surface area contributed by atoms with Crippen LogP contribution in [0.15, 0.2) is 109 Å². The van der Waals surface area contributed by atoms with Gasteiger partial charge in [0.05, 0.1) is 0 Å². The van der Waals surface area contributed by atoms with Gasteiger partial charge in [-0.15, -0.1) is 0 Å². The molecule has 0 fully saturated rings. The third-order valence-corrected chi connectivity index (χ3v) is 10.7. The molecule has 0 aliphatic carbocycles. The summed E-state index contributed by atoms with van der Waals surface area (Å²) in [4.78, 5) is 38.0. The van der Waals surface area contributed by atoms with Crippen molar-refractivity contribution in [2.75, 3.05) is 13.2 Å². The lowest BCUT2D eigenvalue weighted by atomic mass is 10.1. The van der Waals surface area contributed by atoms with Crippen molar-refractivity contribution >= 4 is 17.9 Å². The zero-order valence-electron chi connectivity index (χ0n) is 42.0. The summed E-state index contributed by atoms with van der Waals surface area (Å²) in [7, 11) is 0. The molecule has 368 valence electrons. The van der Waals surface area contributed by atoms with Crippen LogP contribution in [0.4, 0.5) is 0 Å². The van der Waals surface area contributed by atoms with Crippen molar-refractivity contribution in [2.45, 2.75) is 232 Å². The number of hydrogen-bond donors (Lipinski definition) is 0. The van der Waals surface area contributed by atoms with Crippen LogP contribution in [0.2, 0.25) is 0 Å². The van der Waals surface area contributed by atoms with Crippen LogP contribution in [0.1, 0.15) is 226 Å². The standard InChI is InChI=1S/C59H96O6/c1-4-7-10-13-16-19-22-25-28-30-32-34-37-40-43-46-49-52-58(61)64-55-56(54-63-57(60)51-48-45-42-39-36-33-27-24-21-18-15-12-9-6-3)65-59(62)53-50-47-44-41-38-35-31-29-26-23-20-17-14-11-8-5-2/h7,10,15-16,18-20,23-25,27-29,31-32,34,40,43,56H,4-6,8-9,11-14,17,21-22,26,30,33,35-39,41-42,44-55H2,1-3H3/b10-7-,18-15-,19-16-,23-20-,27-24-,28-25-,31-29-,34-32-,43-40-. The van der Waals surface area contributed by atoms with E-state index in [-0.39, 0.29) is 37.5 Å². The summed E-state index contributed by atoms with van der Waals surface area (Å²) in [6, 6.07) is 0. The molecule has 1 atom stereocenters. The summed E-state index contributed by atoms with van der Waals surface area (Å²) in [5.41, 5.74) is 0. The summed E-state index contributed by atoms with van der Waals surface area (Å²) in [6.45, 7) is 6.38. The maximum absolute atomic E-state index is 12.8. The van der Waals surface area contributed by atoms with Crippen molar-refractivity contribution < 1.29 is 28.6 Å². The summed E-state index contributed by atoms with van der Waals surface area (Å²) in [6.07, 6.45) is 70.7. The monoisotopic (exact) mass is 901 g/mol. The van der Waals surface area contributed by atoms with Gasteiger partial charge >= 0.3 is 17.9 Å². The van der Waals surface area contributed by atoms with E-state index in [1.807, 2.05) is 0 Å². The van der Waals surface area contributed by atoms with Crippen LogP contribution in [-0.2, 0) is 28.6 Å². The van der Waals surface area contributed by atoms with Gasteiger partial charge in [-0.3, -0.25) is 14.4 Å². The fraction of sp³-hybridized carbons (Fsp3) is 0.644. The summed E-state index contributed by atoms with van der Waals surface area (Å²) in [5.74, 6) is -1.00. The van der Waals surface area contributed by atoms with E-state index < -0.39 is 6.10 Å². The van der Waals surface area contributed by atoms with E-state index in [0.717, 1.165) is 128 Å². The SMILES string of the molecule is CC/C=C\C/C=C\C/C=C\C/C=C\C/C=C\CCCC(=O)OCC(COC(=O)CCCCCCC/C=C\C/C=C\CCCC)OC(=O)CCCCCCC/C=C\C/C=C\CCCCCC. The van der Waals surface area contributed by atoms with Crippen LogP contribution >= 0.6 is 0 Å². The van der Waals surface area contributed by atoms with E-state index in [2.05, 4.69) is 130 Å². The van der Waals surface area contributed by atoms with Gasteiger partial charge in [-0.2, -0.15) is 0 Å². The van der Waals surface area contributed by atoms with Gasteiger partial charge in [-0.25, -0.2) is 0 Å². The number of rotatable bonds is 46. The molecule has 0 aromatic rings. The maximum Gasteiger partial charge on any atom is 0.306 e. The van der Waals surface area contributed by atoms with Crippen LogP contribution in [-0.4, -0.2) is 37.2 Å². The predicted octanol–water partition coefficient (Wildman–Crippen LogP) is 17.5. The van der Waals surface area contributed by atoms with Crippen LogP contribution in [0, 0.1) is 0 Å². The number of esters is 3. The number of allylic oxidation sites excluding steroid dienone is 18. The number of ether oxygens (including phenoxy) is 3. The number of carbonyl (C=O) groups excluding carboxylic acids is 3. The Balaban J connectivity index is 4.54. The van der Waals surface area contributed by atoms with Crippen molar-refractivity contribution in [3.05, 3.63) is 109 Å². The molecule has 0 bridgehead atoms. The van der Waals surface area contributed by atoms with Crippen LogP contribution in [0.5, 0.6) is 0 Å². The highest BCUT2D eigenvalue weighted by molar-refractivity contribution is 5.71. The molecule has 0 rings (SSSR count). The van der Waals surface area contributed by atoms with Gasteiger partial charge in [-0.1, -0.05) is 201 Å². The second kappa shape index (κ2) is 52.7. The Labute approximate surface area is 400 Å². The lowest BCUT2D eigenvalue weighted by Crippen LogP contribution is -2.30. The smallest absolute Gasteiger partial charge is 0.306 e. The highest BCUT2D eigenvalue weighted by Crippen LogP contribution is 2.12. The molecule has 1 unspecified atom stereocenters. The second-order valence-corrected chi connectivity index (χ2v) is 17.0. The molecule has 0 radical (unpaired) electrons. The van der Waals surface area contributed by atoms with Gasteiger partial charge < -0.3 is 14.2 Å². The number of unbranched alkanes of at least 4 members (excludes halogenated alkanes) is 17. The normalized spacial score (nSPS) is 13.0. The largest absolute Gasteiger partial charge is 0.462 e. The molecular formula is C59H96O6. The summed E-state index contributed by atoms with van der Waals surface area (Å²) in [5, 5.41) is 0. The topological polar surface area (TPSA) is 78.9 Å². The van der Waals surface area contributed by atoms with E-state index in [1.165, 1.54) is 51.4 Å². The number of hydrogen-bond acceptors (Lipinski definition) is 6. The molecule has 65 heavy (non-hydrogen) atoms. The molecule has 0 aromatic heterocycles. The van der Waals surface area contributed by atoms with Crippen molar-refractivity contribution in [1.82, 2.24) is 0 Å². The molecule has 0 aliphatic heterocycles. The van der Waals surface area contributed by atoms with Crippen molar-refractivity contribution in [1.29, 1.82) is 0 Å². The zero-order valence-corrected chi connectivity index (χ0v) is 42.0. The second-order valence-electron chi connectivity index (χ2n) is 17.0. The minimum Gasteiger partial charge on any atom is -0.462 e. The Morgan fingerprint density at radius 2 is 0.631 bits per heavy atom. The van der Waals surface area contributed by atoms with Crippen LogP contribution in [0.25, 0.3) is 0 Å². The lowest BCUT2D eigenvalue weighted by Gasteiger charge is -2.18. The molecular weight excluding hydrogens is 805 g/mol. The first-order valence-corrected chi connectivity index (χ1v) is 26.4. The fourth-order valence-corrected chi connectivity index (χ4v) is 6.76. The molecule has 0 saturated carbocycles. The third kappa shape index (κ3) is 50.9. The minimum atomic E-state index is -0.816. The van der Waals surface area contributed by atoms with Crippen LogP contribution in [0.3, 0.4) is 0 Å². The molecule has 6 heteroatoms. The molecule has 0 aromatic carbocycles. The van der Waals surface area contributed by atoms with E-state index in [9.17, 15) is 14.4 Å². The molecule has 0 heterocycles. The van der Waals surface area contributed by atoms with Gasteiger partial charge in [0.15, 0.2) is 6.10 Å². The quantitative estimate of drug-likeness (QED) is 0.0262. The zero-order chi connectivity index (χ0) is 47.2. The highest BCUT2D eigenvalue weighted by atomic mass is 16.6. The van der Waals surface area contributed by atoms with E-state index >= 15 is 0 Å². The minimum absolute atomic E-state index is 0.111. The fourth-order valence-electron chi connectivity index (χ4n) is 6.76. The van der Waals surface area contributed by atoms with Gasteiger partial charge in [0, 0.05) is 19.3 Å². The Bertz CT molecular complexity index is 1360. The van der Waals surface area contributed by atoms with E-state index in [1.54, 1.807) is 0 Å². The molecule has 0 spiro atoms. The van der Waals surface area contributed by atoms with Gasteiger partial charge in [0.2, 0.25) is 0 Å². The van der Waals surface area contributed by atoms with Crippen molar-refractivity contribution in [2.24, 2.45) is 0 Å². The average Bonchev–Trinajstić information content (AvgIpc) is 3.30. The first kappa shape index (κ1) is 61.1. The first-order chi connectivity index (χ1) is 32.0. The summed E-state index contributed by atoms with van der Waals surface area (Å²) >= 11 is 0. The first-order valence-electron chi connectivity index (χ1n) is 26.4.